The minimum absolute atomic E-state index is 0.298. The third-order valence-electron chi connectivity index (χ3n) is 7.47. The predicted molar refractivity (Wildman–Crippen MR) is 159 cm³/mol. The molecular weight excluding hydrogens is 540 g/mol. The molecule has 2 heterocycles. The van der Waals surface area contributed by atoms with E-state index in [-0.39, 0.29) is 5.97 Å². The second kappa shape index (κ2) is 12.2. The molecule has 3 aliphatic rings. The van der Waals surface area contributed by atoms with Crippen LogP contribution in [0.1, 0.15) is 49.9 Å². The number of anilines is 1. The largest absolute Gasteiger partial charge is 0.462 e. The number of carbonyl (C=O) groups is 1. The summed E-state index contributed by atoms with van der Waals surface area (Å²) in [5.74, 6) is 0.531. The first-order valence-electron chi connectivity index (χ1n) is 13.8. The van der Waals surface area contributed by atoms with E-state index in [1.54, 1.807) is 0 Å². The van der Waals surface area contributed by atoms with Crippen LogP contribution < -0.4 is 14.8 Å². The summed E-state index contributed by atoms with van der Waals surface area (Å²) in [5.41, 5.74) is 5.38. The van der Waals surface area contributed by atoms with Gasteiger partial charge in [-0.05, 0) is 56.5 Å². The Labute approximate surface area is 233 Å². The number of alkyl halides is 1. The number of benzene rings is 3. The van der Waals surface area contributed by atoms with Gasteiger partial charge < -0.3 is 14.1 Å². The van der Waals surface area contributed by atoms with Gasteiger partial charge in [-0.1, -0.05) is 34.1 Å². The van der Waals surface area contributed by atoms with E-state index in [4.69, 9.17) is 9.15 Å². The van der Waals surface area contributed by atoms with E-state index in [9.17, 15) is 4.79 Å². The highest BCUT2D eigenvalue weighted by molar-refractivity contribution is 9.09. The minimum atomic E-state index is -0.298. The summed E-state index contributed by atoms with van der Waals surface area (Å²) in [7, 11) is 0. The van der Waals surface area contributed by atoms with Gasteiger partial charge in [-0.2, -0.15) is 0 Å². The third-order valence-corrected chi connectivity index (χ3v) is 8.03. The van der Waals surface area contributed by atoms with E-state index in [1.165, 1.54) is 24.6 Å². The van der Waals surface area contributed by atoms with Crippen molar-refractivity contribution in [3.63, 3.8) is 0 Å². The maximum atomic E-state index is 13.2. The number of halogens is 1. The lowest BCUT2D eigenvalue weighted by Gasteiger charge is -2.22. The Morgan fingerprint density at radius 3 is 2.53 bits per heavy atom. The smallest absolute Gasteiger partial charge is 0.338 e. The van der Waals surface area contributed by atoms with E-state index < -0.39 is 0 Å². The molecule has 1 fully saturated rings. The number of ether oxygens (including phenoxy) is 1. The second-order valence-electron chi connectivity index (χ2n) is 9.78. The zero-order valence-electron chi connectivity index (χ0n) is 22.3. The fraction of sp³-hybridized carbons (Fsp3) is 0.375. The number of piperidine rings is 1. The quantitative estimate of drug-likeness (QED) is 0.0749. The predicted octanol–water partition coefficient (Wildman–Crippen LogP) is 6.95. The van der Waals surface area contributed by atoms with Gasteiger partial charge in [0.25, 0.3) is 0 Å². The zero-order chi connectivity index (χ0) is 26.5. The summed E-state index contributed by atoms with van der Waals surface area (Å²) in [6.07, 6.45) is 4.50. The molecule has 198 valence electrons. The van der Waals surface area contributed by atoms with Crippen molar-refractivity contribution < 1.29 is 13.9 Å². The van der Waals surface area contributed by atoms with Crippen molar-refractivity contribution in [2.75, 3.05) is 43.0 Å². The minimum Gasteiger partial charge on any atom is -0.462 e. The zero-order valence-corrected chi connectivity index (χ0v) is 23.9. The molecule has 0 aromatic heterocycles. The van der Waals surface area contributed by atoms with Gasteiger partial charge >= 0.3 is 5.97 Å². The highest BCUT2D eigenvalue weighted by atomic mass is 79.9. The van der Waals surface area contributed by atoms with Crippen LogP contribution in [0.4, 0.5) is 5.69 Å². The number of hydrogen-bond acceptors (Lipinski definition) is 4. The van der Waals surface area contributed by atoms with Gasteiger partial charge in [0.2, 0.25) is 5.36 Å². The number of hydrogen-bond donors (Lipinski definition) is 0. The number of nitrogens with zero attached hydrogens (tertiary/aromatic N) is 2. The highest BCUT2D eigenvalue weighted by Gasteiger charge is 2.23. The van der Waals surface area contributed by atoms with Crippen molar-refractivity contribution in [3.05, 3.63) is 71.6 Å². The first-order valence-corrected chi connectivity index (χ1v) is 14.9. The van der Waals surface area contributed by atoms with E-state index in [1.807, 2.05) is 24.3 Å². The molecule has 2 aliphatic heterocycles. The van der Waals surface area contributed by atoms with Crippen molar-refractivity contribution >= 4 is 38.6 Å². The second-order valence-corrected chi connectivity index (χ2v) is 10.6. The van der Waals surface area contributed by atoms with Gasteiger partial charge in [-0.25, -0.2) is 9.37 Å². The molecule has 0 unspecified atom stereocenters. The maximum Gasteiger partial charge on any atom is 0.338 e. The van der Waals surface area contributed by atoms with Crippen molar-refractivity contribution in [3.8, 4) is 22.5 Å². The molecular formula is C32H36BrN2O3+. The van der Waals surface area contributed by atoms with Crippen molar-refractivity contribution in [1.82, 2.24) is 4.58 Å². The topological polar surface area (TPSA) is 45.7 Å². The highest BCUT2D eigenvalue weighted by Crippen LogP contribution is 2.42. The van der Waals surface area contributed by atoms with Crippen LogP contribution in [0.2, 0.25) is 0 Å². The lowest BCUT2D eigenvalue weighted by molar-refractivity contribution is 0.0507. The van der Waals surface area contributed by atoms with Gasteiger partial charge in [-0.15, -0.1) is 0 Å². The summed E-state index contributed by atoms with van der Waals surface area (Å²) in [5, 5.41) is 2.97. The van der Waals surface area contributed by atoms with E-state index in [0.717, 1.165) is 77.0 Å². The monoisotopic (exact) mass is 575 g/mol. The average Bonchev–Trinajstić information content (AvgIpc) is 2.96. The van der Waals surface area contributed by atoms with Crippen LogP contribution in [0.5, 0.6) is 0 Å². The van der Waals surface area contributed by atoms with Crippen LogP contribution in [-0.4, -0.2) is 44.1 Å². The van der Waals surface area contributed by atoms with Crippen molar-refractivity contribution in [1.29, 1.82) is 0 Å². The molecule has 1 saturated heterocycles. The van der Waals surface area contributed by atoms with Gasteiger partial charge in [0.05, 0.1) is 18.2 Å². The fourth-order valence-corrected chi connectivity index (χ4v) is 5.70. The van der Waals surface area contributed by atoms with Crippen LogP contribution in [0.15, 0.2) is 65.1 Å². The van der Waals surface area contributed by atoms with Gasteiger partial charge in [0, 0.05) is 65.6 Å². The SMILES string of the molecule is CCN(CC)c1ccc2c(-c3ccccc3C(=O)OCCCBr)c3ccc(=[N+]4CCCCC4)cc-3oc2c1. The molecule has 5 rings (SSSR count). The Balaban J connectivity index is 1.76. The fourth-order valence-electron chi connectivity index (χ4n) is 5.47. The lowest BCUT2D eigenvalue weighted by Crippen LogP contribution is -2.34. The van der Waals surface area contributed by atoms with E-state index >= 15 is 0 Å². The Hall–Kier alpha value is -3.12. The maximum absolute atomic E-state index is 13.2. The van der Waals surface area contributed by atoms with E-state index in [0.29, 0.717) is 12.2 Å². The summed E-state index contributed by atoms with van der Waals surface area (Å²) in [4.78, 5) is 15.5. The van der Waals surface area contributed by atoms with Crippen LogP contribution in [0.25, 0.3) is 33.4 Å². The Morgan fingerprint density at radius 2 is 1.76 bits per heavy atom. The molecule has 0 spiro atoms. The summed E-state index contributed by atoms with van der Waals surface area (Å²) in [6.45, 7) is 8.70. The van der Waals surface area contributed by atoms with Crippen LogP contribution in [0.3, 0.4) is 0 Å². The molecule has 0 radical (unpaired) electrons. The average molecular weight is 577 g/mol. The molecule has 5 nitrogen and oxygen atoms in total. The number of esters is 1. The van der Waals surface area contributed by atoms with Gasteiger partial charge in [0.15, 0.2) is 0 Å². The van der Waals surface area contributed by atoms with Gasteiger partial charge in [0.1, 0.15) is 24.4 Å². The lowest BCUT2D eigenvalue weighted by atomic mass is 9.90. The normalized spacial score (nSPS) is 13.7. The Morgan fingerprint density at radius 1 is 0.974 bits per heavy atom. The molecule has 0 amide bonds. The molecule has 0 N–H and O–H groups in total. The molecule has 0 atom stereocenters. The molecule has 6 heteroatoms. The molecule has 1 aliphatic carbocycles. The summed E-state index contributed by atoms with van der Waals surface area (Å²) < 4.78 is 14.7. The standard InChI is InChI=1S/C32H36BrN2O3/c1-3-34(4-2)23-13-15-27-29(21-23)38-30-22-24(35-18-8-5-9-19-35)14-16-28(30)31(27)25-11-6-7-12-26(25)32(36)37-20-10-17-33/h6-7,11-16,21-22H,3-5,8-10,17-20H2,1-2H3/q+1. The summed E-state index contributed by atoms with van der Waals surface area (Å²) in [6, 6.07) is 20.7. The Kier molecular flexibility index (Phi) is 8.48. The van der Waals surface area contributed by atoms with Crippen molar-refractivity contribution in [2.45, 2.75) is 39.5 Å². The first-order chi connectivity index (χ1) is 18.6. The van der Waals surface area contributed by atoms with Crippen molar-refractivity contribution in [2.24, 2.45) is 0 Å². The number of rotatable bonds is 8. The van der Waals surface area contributed by atoms with E-state index in [2.05, 4.69) is 75.7 Å². The van der Waals surface area contributed by atoms with Crippen LogP contribution >= 0.6 is 15.9 Å². The Bertz CT molecular complexity index is 1460. The van der Waals surface area contributed by atoms with Crippen LogP contribution in [-0.2, 0) is 4.74 Å². The number of fused-ring (bicyclic) bond motifs is 2. The molecule has 2 aromatic carbocycles. The molecule has 0 saturated carbocycles. The summed E-state index contributed by atoms with van der Waals surface area (Å²) >= 11 is 3.41. The molecule has 0 bridgehead atoms. The van der Waals surface area contributed by atoms with Gasteiger partial charge in [-0.3, -0.25) is 0 Å². The third kappa shape index (κ3) is 5.37. The number of carbonyl (C=O) groups excluding carboxylic acids is 1. The van der Waals surface area contributed by atoms with Crippen LogP contribution in [0, 0.1) is 0 Å². The first kappa shape index (κ1) is 26.5. The molecule has 2 aromatic rings. The molecule has 38 heavy (non-hydrogen) atoms.